The zero-order valence-electron chi connectivity index (χ0n) is 24.7. The number of aliphatic hydroxyl groups excluding tert-OH is 1. The Labute approximate surface area is 249 Å². The Hall–Kier alpha value is -3.57. The van der Waals surface area contributed by atoms with Crippen LogP contribution in [-0.4, -0.2) is 63.7 Å². The first-order valence-corrected chi connectivity index (χ1v) is 15.2. The number of hydrogen-bond donors (Lipinski definition) is 2. The van der Waals surface area contributed by atoms with Crippen LogP contribution >= 0.6 is 11.3 Å². The molecule has 0 saturated carbocycles. The predicted molar refractivity (Wildman–Crippen MR) is 157 cm³/mol. The van der Waals surface area contributed by atoms with Crippen molar-refractivity contribution in [2.45, 2.75) is 83.9 Å². The molecule has 5 rings (SSSR count). The number of thiazole rings is 1. The molecule has 0 unspecified atom stereocenters. The number of nitrogens with zero attached hydrogens (tertiary/aromatic N) is 3. The van der Waals surface area contributed by atoms with E-state index in [4.69, 9.17) is 9.26 Å². The highest BCUT2D eigenvalue weighted by atomic mass is 32.1. The van der Waals surface area contributed by atoms with Crippen molar-refractivity contribution < 1.29 is 28.8 Å². The first-order valence-electron chi connectivity index (χ1n) is 14.3. The number of fused-ring (bicyclic) bond motifs is 1. The maximum absolute atomic E-state index is 14.2. The van der Waals surface area contributed by atoms with Crippen molar-refractivity contribution in [2.75, 3.05) is 13.7 Å². The van der Waals surface area contributed by atoms with Gasteiger partial charge in [-0.05, 0) is 49.7 Å². The quantitative estimate of drug-likeness (QED) is 0.306. The van der Waals surface area contributed by atoms with Gasteiger partial charge in [0, 0.05) is 18.5 Å². The summed E-state index contributed by atoms with van der Waals surface area (Å²) in [6.07, 6.45) is 1.65. The Bertz CT molecular complexity index is 1460. The van der Waals surface area contributed by atoms with Crippen LogP contribution in [-0.2, 0) is 25.5 Å². The number of amides is 2. The van der Waals surface area contributed by atoms with Gasteiger partial charge in [0.2, 0.25) is 11.8 Å². The number of β-amino-alcohol motifs (C(OH)–C–C–N with tert-alkyl or cyclic N) is 1. The van der Waals surface area contributed by atoms with Crippen molar-refractivity contribution in [1.29, 1.82) is 0 Å². The number of hydrogen-bond acceptors (Lipinski definition) is 9. The lowest BCUT2D eigenvalue weighted by atomic mass is 9.74. The van der Waals surface area contributed by atoms with E-state index in [-0.39, 0.29) is 25.3 Å². The minimum Gasteiger partial charge on any atom is -0.469 e. The number of esters is 1. The summed E-state index contributed by atoms with van der Waals surface area (Å²) in [6, 6.07) is 6.03. The van der Waals surface area contributed by atoms with Crippen LogP contribution in [0.25, 0.3) is 10.4 Å². The third-order valence-corrected chi connectivity index (χ3v) is 9.63. The molecule has 11 heteroatoms. The van der Waals surface area contributed by atoms with Crippen molar-refractivity contribution in [2.24, 2.45) is 5.41 Å². The van der Waals surface area contributed by atoms with E-state index in [9.17, 15) is 19.5 Å². The zero-order chi connectivity index (χ0) is 30.2. The van der Waals surface area contributed by atoms with Gasteiger partial charge in [-0.1, -0.05) is 43.3 Å². The van der Waals surface area contributed by atoms with E-state index < -0.39 is 41.4 Å². The molecule has 2 N–H and O–H groups in total. The van der Waals surface area contributed by atoms with E-state index in [1.165, 1.54) is 12.0 Å². The molecule has 224 valence electrons. The Morgan fingerprint density at radius 3 is 2.62 bits per heavy atom. The first kappa shape index (κ1) is 29.9. The standard InChI is InChI=1S/C31H38N4O6S/c1-17-22-7-6-12-31(3,4)26(27(22)41-34-17)30(39)35-15-21(36)13-24(35)29(38)33-23(14-25(37)40-5)19-8-10-20(11-9-19)28-18(2)32-16-42-28/h8-11,16,21,23-24,26,36H,6-7,12-15H2,1-5H3,(H,33,38)/t21-,23+,24+,26-/m1/s1. The van der Waals surface area contributed by atoms with Gasteiger partial charge in [0.05, 0.1) is 47.5 Å². The molecule has 10 nitrogen and oxygen atoms in total. The van der Waals surface area contributed by atoms with Crippen molar-refractivity contribution in [3.05, 3.63) is 58.1 Å². The molecule has 4 atom stereocenters. The highest BCUT2D eigenvalue weighted by Crippen LogP contribution is 2.46. The van der Waals surface area contributed by atoms with Gasteiger partial charge in [-0.15, -0.1) is 11.3 Å². The molecule has 3 heterocycles. The van der Waals surface area contributed by atoms with Crippen LogP contribution in [0, 0.1) is 19.3 Å². The van der Waals surface area contributed by atoms with Gasteiger partial charge >= 0.3 is 5.97 Å². The van der Waals surface area contributed by atoms with E-state index in [0.717, 1.165) is 52.2 Å². The van der Waals surface area contributed by atoms with Crippen molar-refractivity contribution in [3.8, 4) is 10.4 Å². The van der Waals surface area contributed by atoms with Gasteiger partial charge in [-0.25, -0.2) is 4.98 Å². The number of aromatic nitrogens is 2. The van der Waals surface area contributed by atoms with E-state index in [1.807, 2.05) is 52.0 Å². The Balaban J connectivity index is 1.40. The molecule has 2 aliphatic rings. The number of aliphatic hydroxyl groups is 1. The maximum Gasteiger partial charge on any atom is 0.307 e. The molecule has 42 heavy (non-hydrogen) atoms. The van der Waals surface area contributed by atoms with Gasteiger partial charge in [-0.3, -0.25) is 14.4 Å². The molecule has 0 radical (unpaired) electrons. The van der Waals surface area contributed by atoms with Crippen LogP contribution in [0.2, 0.25) is 0 Å². The number of carbonyl (C=O) groups is 3. The fraction of sp³-hybridized carbons (Fsp3) is 0.516. The summed E-state index contributed by atoms with van der Waals surface area (Å²) in [7, 11) is 1.30. The van der Waals surface area contributed by atoms with Crippen LogP contribution in [0.15, 0.2) is 34.3 Å². The topological polar surface area (TPSA) is 135 Å². The molecule has 1 saturated heterocycles. The minimum absolute atomic E-state index is 0.0382. The molecule has 0 spiro atoms. The van der Waals surface area contributed by atoms with Gasteiger partial charge in [0.15, 0.2) is 5.76 Å². The largest absolute Gasteiger partial charge is 0.469 e. The summed E-state index contributed by atoms with van der Waals surface area (Å²) in [5.74, 6) is -1.25. The second-order valence-electron chi connectivity index (χ2n) is 12.0. The number of ether oxygens (including phenoxy) is 1. The van der Waals surface area contributed by atoms with Crippen LogP contribution in [0.4, 0.5) is 0 Å². The number of aryl methyl sites for hydroxylation is 2. The average Bonchev–Trinajstić information content (AvgIpc) is 3.64. The van der Waals surface area contributed by atoms with Gasteiger partial charge < -0.3 is 24.6 Å². The number of rotatable bonds is 7. The van der Waals surface area contributed by atoms with E-state index >= 15 is 0 Å². The lowest BCUT2D eigenvalue weighted by molar-refractivity contribution is -0.144. The Morgan fingerprint density at radius 1 is 1.21 bits per heavy atom. The minimum atomic E-state index is -0.904. The van der Waals surface area contributed by atoms with Gasteiger partial charge in [-0.2, -0.15) is 0 Å². The first-order chi connectivity index (χ1) is 20.0. The summed E-state index contributed by atoms with van der Waals surface area (Å²) in [5.41, 5.74) is 5.74. The maximum atomic E-state index is 14.2. The normalized spacial score (nSPS) is 22.2. The smallest absolute Gasteiger partial charge is 0.307 e. The SMILES string of the molecule is COC(=O)C[C@H](NC(=O)[C@@H]1C[C@@H](O)CN1C(=O)[C@H]1c2onc(C)c2CCCC1(C)C)c1ccc(-c2scnc2C)cc1. The van der Waals surface area contributed by atoms with Crippen LogP contribution in [0.3, 0.4) is 0 Å². The number of likely N-dealkylation sites (tertiary alicyclic amines) is 1. The fourth-order valence-corrected chi connectivity index (χ4v) is 7.10. The molecule has 2 amide bonds. The molecule has 1 fully saturated rings. The second kappa shape index (κ2) is 12.0. The number of carbonyl (C=O) groups excluding carboxylic acids is 3. The molecule has 1 aliphatic heterocycles. The molecule has 0 bridgehead atoms. The number of benzene rings is 1. The van der Waals surface area contributed by atoms with Gasteiger partial charge in [0.1, 0.15) is 12.0 Å². The predicted octanol–water partition coefficient (Wildman–Crippen LogP) is 4.24. The van der Waals surface area contributed by atoms with E-state index in [2.05, 4.69) is 15.5 Å². The second-order valence-corrected chi connectivity index (χ2v) is 12.9. The summed E-state index contributed by atoms with van der Waals surface area (Å²) < 4.78 is 10.6. The number of methoxy groups -OCH3 is 1. The van der Waals surface area contributed by atoms with Crippen molar-refractivity contribution >= 4 is 29.1 Å². The third-order valence-electron chi connectivity index (χ3n) is 8.65. The lowest BCUT2D eigenvalue weighted by Crippen LogP contribution is -2.50. The Kier molecular flexibility index (Phi) is 8.52. The molecule has 2 aromatic heterocycles. The lowest BCUT2D eigenvalue weighted by Gasteiger charge is -2.35. The fourth-order valence-electron chi connectivity index (χ4n) is 6.29. The summed E-state index contributed by atoms with van der Waals surface area (Å²) in [6.45, 7) is 7.94. The van der Waals surface area contributed by atoms with Crippen LogP contribution < -0.4 is 5.32 Å². The van der Waals surface area contributed by atoms with Crippen molar-refractivity contribution in [3.63, 3.8) is 0 Å². The Morgan fingerprint density at radius 2 is 1.95 bits per heavy atom. The van der Waals surface area contributed by atoms with Crippen molar-refractivity contribution in [1.82, 2.24) is 20.4 Å². The summed E-state index contributed by atoms with van der Waals surface area (Å²) >= 11 is 1.54. The zero-order valence-corrected chi connectivity index (χ0v) is 25.5. The summed E-state index contributed by atoms with van der Waals surface area (Å²) in [5, 5.41) is 17.8. The molecular weight excluding hydrogens is 556 g/mol. The highest BCUT2D eigenvalue weighted by Gasteiger charge is 2.49. The van der Waals surface area contributed by atoms with E-state index in [1.54, 1.807) is 16.8 Å². The molecule has 3 aromatic rings. The third kappa shape index (κ3) is 5.85. The average molecular weight is 595 g/mol. The molecule has 1 aliphatic carbocycles. The molecule has 1 aromatic carbocycles. The summed E-state index contributed by atoms with van der Waals surface area (Å²) in [4.78, 5) is 47.2. The van der Waals surface area contributed by atoms with Crippen LogP contribution in [0.5, 0.6) is 0 Å². The number of nitrogens with one attached hydrogen (secondary N) is 1. The van der Waals surface area contributed by atoms with Crippen LogP contribution in [0.1, 0.15) is 79.8 Å². The monoisotopic (exact) mass is 594 g/mol. The highest BCUT2D eigenvalue weighted by molar-refractivity contribution is 7.13. The van der Waals surface area contributed by atoms with Gasteiger partial charge in [0.25, 0.3) is 0 Å². The van der Waals surface area contributed by atoms with E-state index in [0.29, 0.717) is 5.76 Å². The molecular formula is C31H38N4O6S.